The van der Waals surface area contributed by atoms with E-state index in [9.17, 15) is 9.59 Å². The number of para-hydroxylation sites is 1. The number of aromatic amines is 1. The molecule has 5 heteroatoms. The Morgan fingerprint density at radius 1 is 1.27 bits per heavy atom. The maximum absolute atomic E-state index is 12.6. The van der Waals surface area contributed by atoms with E-state index in [1.165, 1.54) is 12.5 Å². The second kappa shape index (κ2) is 6.32. The lowest BCUT2D eigenvalue weighted by Crippen LogP contribution is -2.44. The third-order valence-electron chi connectivity index (χ3n) is 4.52. The van der Waals surface area contributed by atoms with Gasteiger partial charge in [-0.15, -0.1) is 0 Å². The SMILES string of the molecule is NCC1CCCCC1NC(=O)c1cc(=O)[nH]c2ccccc12. The van der Waals surface area contributed by atoms with E-state index in [0.717, 1.165) is 24.6 Å². The van der Waals surface area contributed by atoms with Crippen molar-refractivity contribution in [2.24, 2.45) is 11.7 Å². The Kier molecular flexibility index (Phi) is 4.24. The van der Waals surface area contributed by atoms with Crippen molar-refractivity contribution in [3.8, 4) is 0 Å². The largest absolute Gasteiger partial charge is 0.349 e. The predicted molar refractivity (Wildman–Crippen MR) is 86.8 cm³/mol. The van der Waals surface area contributed by atoms with E-state index in [0.29, 0.717) is 23.5 Å². The van der Waals surface area contributed by atoms with Gasteiger partial charge < -0.3 is 16.0 Å². The van der Waals surface area contributed by atoms with Crippen molar-refractivity contribution in [2.75, 3.05) is 6.54 Å². The maximum atomic E-state index is 12.6. The van der Waals surface area contributed by atoms with Gasteiger partial charge in [0.2, 0.25) is 5.56 Å². The van der Waals surface area contributed by atoms with Crippen LogP contribution in [0.15, 0.2) is 35.1 Å². The van der Waals surface area contributed by atoms with Crippen LogP contribution in [0.25, 0.3) is 10.9 Å². The molecule has 5 nitrogen and oxygen atoms in total. The van der Waals surface area contributed by atoms with Crippen molar-refractivity contribution >= 4 is 16.8 Å². The molecule has 0 bridgehead atoms. The van der Waals surface area contributed by atoms with Crippen LogP contribution < -0.4 is 16.6 Å². The third kappa shape index (κ3) is 2.90. The topological polar surface area (TPSA) is 88.0 Å². The van der Waals surface area contributed by atoms with Crippen LogP contribution in [0.5, 0.6) is 0 Å². The van der Waals surface area contributed by atoms with Gasteiger partial charge in [0.25, 0.3) is 5.91 Å². The number of H-pyrrole nitrogens is 1. The zero-order valence-electron chi connectivity index (χ0n) is 12.5. The summed E-state index contributed by atoms with van der Waals surface area (Å²) in [6.07, 6.45) is 4.28. The lowest BCUT2D eigenvalue weighted by atomic mass is 9.84. The Labute approximate surface area is 128 Å². The van der Waals surface area contributed by atoms with Crippen molar-refractivity contribution in [3.63, 3.8) is 0 Å². The maximum Gasteiger partial charge on any atom is 0.252 e. The molecule has 1 fully saturated rings. The van der Waals surface area contributed by atoms with Crippen molar-refractivity contribution in [3.05, 3.63) is 46.2 Å². The van der Waals surface area contributed by atoms with Gasteiger partial charge >= 0.3 is 0 Å². The Hall–Kier alpha value is -2.14. The minimum absolute atomic E-state index is 0.101. The molecule has 1 aromatic carbocycles. The molecule has 22 heavy (non-hydrogen) atoms. The molecule has 1 aliphatic carbocycles. The third-order valence-corrected chi connectivity index (χ3v) is 4.52. The predicted octanol–water partition coefficient (Wildman–Crippen LogP) is 1.78. The Morgan fingerprint density at radius 2 is 2.05 bits per heavy atom. The van der Waals surface area contributed by atoms with Crippen LogP contribution in [0.1, 0.15) is 36.0 Å². The Morgan fingerprint density at radius 3 is 2.86 bits per heavy atom. The van der Waals surface area contributed by atoms with Crippen LogP contribution in [-0.2, 0) is 0 Å². The van der Waals surface area contributed by atoms with Crippen molar-refractivity contribution in [1.82, 2.24) is 10.3 Å². The van der Waals surface area contributed by atoms with Crippen LogP contribution in [0.4, 0.5) is 0 Å². The summed E-state index contributed by atoms with van der Waals surface area (Å²) >= 11 is 0. The van der Waals surface area contributed by atoms with Crippen molar-refractivity contribution in [2.45, 2.75) is 31.7 Å². The average Bonchev–Trinajstić information content (AvgIpc) is 2.54. The van der Waals surface area contributed by atoms with E-state index in [2.05, 4.69) is 10.3 Å². The quantitative estimate of drug-likeness (QED) is 0.807. The summed E-state index contributed by atoms with van der Waals surface area (Å²) in [5, 5.41) is 3.85. The van der Waals surface area contributed by atoms with Gasteiger partial charge in [0.1, 0.15) is 0 Å². The van der Waals surface area contributed by atoms with E-state index in [-0.39, 0.29) is 17.5 Å². The van der Waals surface area contributed by atoms with Crippen LogP contribution in [-0.4, -0.2) is 23.5 Å². The lowest BCUT2D eigenvalue weighted by molar-refractivity contribution is 0.0909. The number of pyridine rings is 1. The number of fused-ring (bicyclic) bond motifs is 1. The molecule has 1 aromatic heterocycles. The first-order valence-electron chi connectivity index (χ1n) is 7.82. The fourth-order valence-corrected chi connectivity index (χ4v) is 3.32. The number of carbonyl (C=O) groups excluding carboxylic acids is 1. The molecular weight excluding hydrogens is 278 g/mol. The molecule has 0 radical (unpaired) electrons. The summed E-state index contributed by atoms with van der Waals surface area (Å²) in [7, 11) is 0. The first-order chi connectivity index (χ1) is 10.7. The van der Waals surface area contributed by atoms with E-state index in [1.54, 1.807) is 6.07 Å². The number of nitrogens with two attached hydrogens (primary N) is 1. The molecule has 4 N–H and O–H groups in total. The van der Waals surface area contributed by atoms with Crippen molar-refractivity contribution in [1.29, 1.82) is 0 Å². The molecule has 2 aromatic rings. The summed E-state index contributed by atoms with van der Waals surface area (Å²) in [4.78, 5) is 27.2. The minimum Gasteiger partial charge on any atom is -0.349 e. The summed E-state index contributed by atoms with van der Waals surface area (Å²) in [6, 6.07) is 8.83. The number of hydrogen-bond acceptors (Lipinski definition) is 3. The number of aromatic nitrogens is 1. The van der Waals surface area contributed by atoms with Crippen LogP contribution >= 0.6 is 0 Å². The molecule has 1 saturated carbocycles. The molecule has 0 saturated heterocycles. The number of rotatable bonds is 3. The first-order valence-corrected chi connectivity index (χ1v) is 7.82. The van der Waals surface area contributed by atoms with Gasteiger partial charge in [-0.1, -0.05) is 31.0 Å². The van der Waals surface area contributed by atoms with Crippen LogP contribution in [0.2, 0.25) is 0 Å². The average molecular weight is 299 g/mol. The highest BCUT2D eigenvalue weighted by Crippen LogP contribution is 2.24. The molecular formula is C17H21N3O2. The lowest BCUT2D eigenvalue weighted by Gasteiger charge is -2.31. The Bertz CT molecular complexity index is 738. The number of amides is 1. The van der Waals surface area contributed by atoms with Gasteiger partial charge in [0, 0.05) is 23.0 Å². The smallest absolute Gasteiger partial charge is 0.252 e. The zero-order chi connectivity index (χ0) is 15.5. The number of hydrogen-bond donors (Lipinski definition) is 3. The highest BCUT2D eigenvalue weighted by atomic mass is 16.2. The Balaban J connectivity index is 1.90. The number of benzene rings is 1. The summed E-state index contributed by atoms with van der Waals surface area (Å²) in [6.45, 7) is 0.584. The van der Waals surface area contributed by atoms with Gasteiger partial charge in [0.05, 0.1) is 5.56 Å². The summed E-state index contributed by atoms with van der Waals surface area (Å²) < 4.78 is 0. The van der Waals surface area contributed by atoms with Gasteiger partial charge in [-0.3, -0.25) is 9.59 Å². The van der Waals surface area contributed by atoms with Gasteiger partial charge in [-0.05, 0) is 31.4 Å². The van der Waals surface area contributed by atoms with E-state index < -0.39 is 0 Å². The zero-order valence-corrected chi connectivity index (χ0v) is 12.5. The fraction of sp³-hybridized carbons (Fsp3) is 0.412. The highest BCUT2D eigenvalue weighted by molar-refractivity contribution is 6.06. The van der Waals surface area contributed by atoms with E-state index in [1.807, 2.05) is 18.2 Å². The molecule has 3 rings (SSSR count). The standard InChI is InChI=1S/C17H21N3O2/c18-10-11-5-1-3-7-14(11)20-17(22)13-9-16(21)19-15-8-4-2-6-12(13)15/h2,4,6,8-9,11,14H,1,3,5,7,10,18H2,(H,19,21)(H,20,22). The molecule has 1 heterocycles. The van der Waals surface area contributed by atoms with Crippen LogP contribution in [0.3, 0.4) is 0 Å². The minimum atomic E-state index is -0.261. The molecule has 1 amide bonds. The molecule has 116 valence electrons. The van der Waals surface area contributed by atoms with Gasteiger partial charge in [-0.25, -0.2) is 0 Å². The molecule has 2 atom stereocenters. The normalized spacial score (nSPS) is 21.7. The first kappa shape index (κ1) is 14.8. The number of nitrogens with one attached hydrogen (secondary N) is 2. The molecule has 2 unspecified atom stereocenters. The van der Waals surface area contributed by atoms with E-state index >= 15 is 0 Å². The summed E-state index contributed by atoms with van der Waals surface area (Å²) in [5.41, 5.74) is 6.67. The second-order valence-corrected chi connectivity index (χ2v) is 5.95. The molecule has 1 aliphatic rings. The monoisotopic (exact) mass is 299 g/mol. The fourth-order valence-electron chi connectivity index (χ4n) is 3.32. The second-order valence-electron chi connectivity index (χ2n) is 5.95. The van der Waals surface area contributed by atoms with E-state index in [4.69, 9.17) is 5.73 Å². The van der Waals surface area contributed by atoms with Gasteiger partial charge in [-0.2, -0.15) is 0 Å². The highest BCUT2D eigenvalue weighted by Gasteiger charge is 2.26. The number of carbonyl (C=O) groups is 1. The summed E-state index contributed by atoms with van der Waals surface area (Å²) in [5.74, 6) is 0.138. The van der Waals surface area contributed by atoms with Crippen LogP contribution in [0, 0.1) is 5.92 Å². The molecule has 0 spiro atoms. The van der Waals surface area contributed by atoms with Gasteiger partial charge in [0.15, 0.2) is 0 Å². The molecule has 0 aliphatic heterocycles. The van der Waals surface area contributed by atoms with Crippen molar-refractivity contribution < 1.29 is 4.79 Å².